The highest BCUT2D eigenvalue weighted by Gasteiger charge is 2.43. The molecule has 0 N–H and O–H groups in total. The van der Waals surface area contributed by atoms with Gasteiger partial charge < -0.3 is 4.74 Å². The van der Waals surface area contributed by atoms with Crippen LogP contribution < -0.4 is 0 Å². The van der Waals surface area contributed by atoms with Crippen molar-refractivity contribution in [3.05, 3.63) is 12.2 Å². The number of ether oxygens (including phenoxy) is 1. The van der Waals surface area contributed by atoms with Crippen molar-refractivity contribution in [1.82, 2.24) is 0 Å². The van der Waals surface area contributed by atoms with Gasteiger partial charge in [-0.25, -0.2) is 0 Å². The van der Waals surface area contributed by atoms with Crippen molar-refractivity contribution in [2.45, 2.75) is 51.2 Å². The average Bonchev–Trinajstić information content (AvgIpc) is 2.78. The molecule has 2 bridgehead atoms. The number of Topliss-reactive ketones (excluding diaryl/α,β-unsaturated/α-hetero) is 1. The first kappa shape index (κ1) is 9.91. The van der Waals surface area contributed by atoms with Gasteiger partial charge >= 0.3 is 0 Å². The molecule has 0 aromatic rings. The van der Waals surface area contributed by atoms with Crippen LogP contribution in [0.5, 0.6) is 0 Å². The summed E-state index contributed by atoms with van der Waals surface area (Å²) < 4.78 is 5.67. The summed E-state index contributed by atoms with van der Waals surface area (Å²) in [6, 6.07) is 0. The Balaban J connectivity index is 1.90. The molecule has 3 atom stereocenters. The number of ketones is 1. The summed E-state index contributed by atoms with van der Waals surface area (Å²) in [7, 11) is 0. The highest BCUT2D eigenvalue weighted by molar-refractivity contribution is 5.84. The van der Waals surface area contributed by atoms with E-state index >= 15 is 0 Å². The quantitative estimate of drug-likeness (QED) is 0.643. The number of allylic oxidation sites excluding steroid dienone is 1. The molecule has 2 nitrogen and oxygen atoms in total. The number of rotatable bonds is 4. The van der Waals surface area contributed by atoms with Crippen molar-refractivity contribution in [2.24, 2.45) is 5.92 Å². The second-order valence-corrected chi connectivity index (χ2v) is 4.46. The molecule has 2 saturated heterocycles. The third-order valence-electron chi connectivity index (χ3n) is 3.44. The van der Waals surface area contributed by atoms with Crippen molar-refractivity contribution in [2.75, 3.05) is 0 Å². The molecule has 2 rings (SSSR count). The summed E-state index contributed by atoms with van der Waals surface area (Å²) in [6.45, 7) is 5.93. The molecule has 2 heterocycles. The van der Waals surface area contributed by atoms with Gasteiger partial charge in [0.2, 0.25) is 0 Å². The fourth-order valence-electron chi connectivity index (χ4n) is 2.48. The first-order valence-corrected chi connectivity index (χ1v) is 5.55. The van der Waals surface area contributed by atoms with E-state index in [2.05, 4.69) is 6.58 Å². The van der Waals surface area contributed by atoms with E-state index in [0.29, 0.717) is 18.3 Å². The minimum absolute atomic E-state index is 0.178. The van der Waals surface area contributed by atoms with E-state index < -0.39 is 0 Å². The highest BCUT2D eigenvalue weighted by atomic mass is 16.5. The lowest BCUT2D eigenvalue weighted by atomic mass is 9.84. The maximum atomic E-state index is 11.9. The van der Waals surface area contributed by atoms with Crippen molar-refractivity contribution in [1.29, 1.82) is 0 Å². The summed E-state index contributed by atoms with van der Waals surface area (Å²) in [5, 5.41) is 0. The topological polar surface area (TPSA) is 26.3 Å². The Hall–Kier alpha value is -0.630. The third-order valence-corrected chi connectivity index (χ3v) is 3.44. The molecule has 0 radical (unpaired) electrons. The molecule has 0 amide bonds. The summed E-state index contributed by atoms with van der Waals surface area (Å²) >= 11 is 0. The molecular weight excluding hydrogens is 176 g/mol. The average molecular weight is 194 g/mol. The van der Waals surface area contributed by atoms with Crippen LogP contribution in [0.15, 0.2) is 12.2 Å². The van der Waals surface area contributed by atoms with Gasteiger partial charge in [0.05, 0.1) is 12.2 Å². The van der Waals surface area contributed by atoms with E-state index in [1.54, 1.807) is 0 Å². The van der Waals surface area contributed by atoms with Crippen LogP contribution in [0.1, 0.15) is 39.0 Å². The SMILES string of the molecule is C=C(CC)CC(=O)C1CC2CCC1O2. The van der Waals surface area contributed by atoms with Crippen LogP contribution in [0.2, 0.25) is 0 Å². The first-order valence-electron chi connectivity index (χ1n) is 5.55. The molecule has 2 aliphatic rings. The van der Waals surface area contributed by atoms with Crippen LogP contribution in [0.4, 0.5) is 0 Å². The Labute approximate surface area is 85.3 Å². The van der Waals surface area contributed by atoms with E-state index in [1.165, 1.54) is 0 Å². The van der Waals surface area contributed by atoms with Crippen molar-refractivity contribution >= 4 is 5.78 Å². The molecule has 2 fully saturated rings. The zero-order chi connectivity index (χ0) is 10.1. The molecular formula is C12H18O2. The standard InChI is InChI=1S/C12H18O2/c1-3-8(2)6-11(13)10-7-9-4-5-12(10)14-9/h9-10,12H,2-7H2,1H3. The largest absolute Gasteiger partial charge is 0.374 e. The number of hydrogen-bond acceptors (Lipinski definition) is 2. The maximum Gasteiger partial charge on any atom is 0.142 e. The van der Waals surface area contributed by atoms with Gasteiger partial charge in [0.1, 0.15) is 5.78 Å². The van der Waals surface area contributed by atoms with Crippen LogP contribution in [-0.2, 0) is 9.53 Å². The Kier molecular flexibility index (Phi) is 2.73. The molecule has 2 heteroatoms. The Bertz CT molecular complexity index is 257. The van der Waals surface area contributed by atoms with Crippen LogP contribution in [0.25, 0.3) is 0 Å². The highest BCUT2D eigenvalue weighted by Crippen LogP contribution is 2.39. The number of carbonyl (C=O) groups is 1. The molecule has 0 aromatic heterocycles. The van der Waals surface area contributed by atoms with Crippen molar-refractivity contribution < 1.29 is 9.53 Å². The van der Waals surface area contributed by atoms with Crippen LogP contribution in [-0.4, -0.2) is 18.0 Å². The monoisotopic (exact) mass is 194 g/mol. The van der Waals surface area contributed by atoms with Gasteiger partial charge in [-0.15, -0.1) is 0 Å². The van der Waals surface area contributed by atoms with Crippen LogP contribution in [0, 0.1) is 5.92 Å². The number of fused-ring (bicyclic) bond motifs is 2. The smallest absolute Gasteiger partial charge is 0.142 e. The Morgan fingerprint density at radius 3 is 2.79 bits per heavy atom. The molecule has 0 aromatic carbocycles. The Morgan fingerprint density at radius 1 is 1.50 bits per heavy atom. The summed E-state index contributed by atoms with van der Waals surface area (Å²) in [4.78, 5) is 11.9. The second kappa shape index (κ2) is 3.85. The fraction of sp³-hybridized carbons (Fsp3) is 0.750. The van der Waals surface area contributed by atoms with Gasteiger partial charge in [-0.2, -0.15) is 0 Å². The predicted molar refractivity (Wildman–Crippen MR) is 55.1 cm³/mol. The van der Waals surface area contributed by atoms with Gasteiger partial charge in [0, 0.05) is 12.3 Å². The van der Waals surface area contributed by atoms with Gasteiger partial charge in [-0.3, -0.25) is 4.79 Å². The number of carbonyl (C=O) groups excluding carboxylic acids is 1. The second-order valence-electron chi connectivity index (χ2n) is 4.46. The third kappa shape index (κ3) is 1.76. The predicted octanol–water partition coefficient (Wildman–Crippen LogP) is 2.48. The van der Waals surface area contributed by atoms with E-state index in [-0.39, 0.29) is 12.0 Å². The fourth-order valence-corrected chi connectivity index (χ4v) is 2.48. The zero-order valence-corrected chi connectivity index (χ0v) is 8.79. The van der Waals surface area contributed by atoms with E-state index in [9.17, 15) is 4.79 Å². The lowest BCUT2D eigenvalue weighted by Gasteiger charge is -2.17. The summed E-state index contributed by atoms with van der Waals surface area (Å²) in [5.74, 6) is 0.529. The zero-order valence-electron chi connectivity index (χ0n) is 8.79. The molecule has 0 spiro atoms. The Morgan fingerprint density at radius 2 is 2.29 bits per heavy atom. The molecule has 3 unspecified atom stereocenters. The van der Waals surface area contributed by atoms with E-state index in [4.69, 9.17) is 4.74 Å². The minimum atomic E-state index is 0.178. The molecule has 78 valence electrons. The number of hydrogen-bond donors (Lipinski definition) is 0. The first-order chi connectivity index (χ1) is 6.70. The molecule has 0 saturated carbocycles. The van der Waals surface area contributed by atoms with E-state index in [1.807, 2.05) is 6.92 Å². The lowest BCUT2D eigenvalue weighted by Crippen LogP contribution is -2.25. The van der Waals surface area contributed by atoms with Gasteiger partial charge in [0.15, 0.2) is 0 Å². The summed E-state index contributed by atoms with van der Waals surface area (Å²) in [6.07, 6.45) is 5.28. The molecule has 0 aliphatic carbocycles. The van der Waals surface area contributed by atoms with E-state index in [0.717, 1.165) is 31.3 Å². The lowest BCUT2D eigenvalue weighted by molar-refractivity contribution is -0.123. The molecule has 14 heavy (non-hydrogen) atoms. The van der Waals surface area contributed by atoms with Crippen molar-refractivity contribution in [3.63, 3.8) is 0 Å². The normalized spacial score (nSPS) is 34.8. The van der Waals surface area contributed by atoms with Crippen LogP contribution >= 0.6 is 0 Å². The maximum absolute atomic E-state index is 11.9. The van der Waals surface area contributed by atoms with Crippen molar-refractivity contribution in [3.8, 4) is 0 Å². The molecule has 2 aliphatic heterocycles. The van der Waals surface area contributed by atoms with Crippen LogP contribution in [0.3, 0.4) is 0 Å². The van der Waals surface area contributed by atoms with Gasteiger partial charge in [-0.1, -0.05) is 19.1 Å². The minimum Gasteiger partial charge on any atom is -0.374 e. The summed E-state index contributed by atoms with van der Waals surface area (Å²) in [5.41, 5.74) is 1.05. The van der Waals surface area contributed by atoms with Gasteiger partial charge in [0.25, 0.3) is 0 Å². The van der Waals surface area contributed by atoms with Gasteiger partial charge in [-0.05, 0) is 25.7 Å².